The van der Waals surface area contributed by atoms with E-state index in [4.69, 9.17) is 16.7 Å². The number of nitrogens with zero attached hydrogens (tertiary/aromatic N) is 8. The van der Waals surface area contributed by atoms with Crippen LogP contribution in [-0.2, 0) is 11.6 Å². The molecule has 0 spiro atoms. The predicted molar refractivity (Wildman–Crippen MR) is 134 cm³/mol. The molecular weight excluding hydrogens is 557 g/mol. The number of halogens is 4. The summed E-state index contributed by atoms with van der Waals surface area (Å²) in [5, 5.41) is 34.4. The molecule has 0 fully saturated rings. The largest absolute Gasteiger partial charge is 0.465 e. The SMILES string of the molecule is CC(C)(C)c1c(C(=O)Nc2cnc(-n3nccn3)c(C#N)c2)nn(-c2cc(NC(=O)O)ncc2Cl)c1C(F)(F)F. The number of nitriles is 1. The molecule has 0 radical (unpaired) electrons. The zero-order valence-electron chi connectivity index (χ0n) is 20.8. The molecule has 0 aliphatic rings. The maximum Gasteiger partial charge on any atom is 0.433 e. The number of hydrogen-bond acceptors (Lipinski definition) is 8. The van der Waals surface area contributed by atoms with E-state index in [0.717, 1.165) is 17.1 Å². The molecule has 2 amide bonds. The first kappa shape index (κ1) is 28.0. The molecule has 206 valence electrons. The van der Waals surface area contributed by atoms with Gasteiger partial charge >= 0.3 is 12.3 Å². The minimum Gasteiger partial charge on any atom is -0.465 e. The first-order chi connectivity index (χ1) is 18.7. The highest BCUT2D eigenvalue weighted by Crippen LogP contribution is 2.42. The van der Waals surface area contributed by atoms with E-state index in [1.165, 1.54) is 45.4 Å². The van der Waals surface area contributed by atoms with E-state index in [1.54, 1.807) is 0 Å². The fraction of sp³-hybridized carbons (Fsp3) is 0.217. The Morgan fingerprint density at radius 1 is 1.07 bits per heavy atom. The van der Waals surface area contributed by atoms with E-state index in [-0.39, 0.29) is 33.6 Å². The molecule has 4 aromatic rings. The Hall–Kier alpha value is -5.04. The fourth-order valence-electron chi connectivity index (χ4n) is 3.77. The standard InChI is InChI=1S/C23H18ClF3N10O3/c1-22(2,3)16-17(20(38)33-12-6-11(8-28)19(30-9-12)37-31-4-5-32-37)35-36(18(16)23(25,26)27)14-7-15(34-21(39)40)29-10-13(14)24/h4-7,9-10H,1-3H3,(H,29,34)(H,33,38)(H,39,40). The third-order valence-electron chi connectivity index (χ3n) is 5.27. The van der Waals surface area contributed by atoms with Gasteiger partial charge in [-0.25, -0.2) is 19.4 Å². The Morgan fingerprint density at radius 2 is 1.75 bits per heavy atom. The summed E-state index contributed by atoms with van der Waals surface area (Å²) >= 11 is 6.15. The van der Waals surface area contributed by atoms with Crippen LogP contribution in [0.15, 0.2) is 36.9 Å². The van der Waals surface area contributed by atoms with Crippen LogP contribution in [-0.4, -0.2) is 51.8 Å². The lowest BCUT2D eigenvalue weighted by Crippen LogP contribution is -2.24. The van der Waals surface area contributed by atoms with Crippen molar-refractivity contribution in [1.82, 2.24) is 34.7 Å². The smallest absolute Gasteiger partial charge is 0.433 e. The number of carboxylic acid groups (broad SMARTS) is 1. The van der Waals surface area contributed by atoms with Gasteiger partial charge in [-0.2, -0.15) is 33.7 Å². The lowest BCUT2D eigenvalue weighted by molar-refractivity contribution is -0.143. The minimum absolute atomic E-state index is 0.00434. The number of rotatable bonds is 5. The molecule has 0 aliphatic heterocycles. The van der Waals surface area contributed by atoms with Crippen LogP contribution in [0.5, 0.6) is 0 Å². The Balaban J connectivity index is 1.86. The molecule has 0 saturated carbocycles. The zero-order valence-corrected chi connectivity index (χ0v) is 21.6. The maximum atomic E-state index is 14.5. The summed E-state index contributed by atoms with van der Waals surface area (Å²) in [6.07, 6.45) is -1.65. The molecule has 4 heterocycles. The van der Waals surface area contributed by atoms with Gasteiger partial charge in [-0.05, 0) is 11.5 Å². The Labute approximate surface area is 228 Å². The summed E-state index contributed by atoms with van der Waals surface area (Å²) in [6, 6.07) is 4.11. The first-order valence-corrected chi connectivity index (χ1v) is 11.5. The van der Waals surface area contributed by atoms with E-state index in [9.17, 15) is 28.0 Å². The van der Waals surface area contributed by atoms with Crippen molar-refractivity contribution in [1.29, 1.82) is 5.26 Å². The van der Waals surface area contributed by atoms with Crippen molar-refractivity contribution in [3.63, 3.8) is 0 Å². The van der Waals surface area contributed by atoms with Crippen LogP contribution < -0.4 is 10.6 Å². The molecule has 13 nitrogen and oxygen atoms in total. The second-order valence-corrected chi connectivity index (χ2v) is 9.57. The topological polar surface area (TPSA) is 177 Å². The van der Waals surface area contributed by atoms with Gasteiger partial charge < -0.3 is 10.4 Å². The van der Waals surface area contributed by atoms with Crippen LogP contribution in [0.2, 0.25) is 5.02 Å². The van der Waals surface area contributed by atoms with Crippen LogP contribution in [0.1, 0.15) is 48.1 Å². The van der Waals surface area contributed by atoms with Gasteiger partial charge in [0.1, 0.15) is 17.5 Å². The Bertz CT molecular complexity index is 1650. The Morgan fingerprint density at radius 3 is 2.33 bits per heavy atom. The highest BCUT2D eigenvalue weighted by molar-refractivity contribution is 6.32. The molecule has 0 aromatic carbocycles. The molecule has 3 N–H and O–H groups in total. The van der Waals surface area contributed by atoms with Gasteiger partial charge in [-0.1, -0.05) is 32.4 Å². The molecule has 40 heavy (non-hydrogen) atoms. The molecule has 17 heteroatoms. The summed E-state index contributed by atoms with van der Waals surface area (Å²) in [6.45, 7) is 4.40. The zero-order chi connectivity index (χ0) is 29.4. The predicted octanol–water partition coefficient (Wildman–Crippen LogP) is 4.43. The van der Waals surface area contributed by atoms with Crippen LogP contribution in [0.4, 0.5) is 29.5 Å². The summed E-state index contributed by atoms with van der Waals surface area (Å²) in [7, 11) is 0. The number of alkyl halides is 3. The van der Waals surface area contributed by atoms with E-state index >= 15 is 0 Å². The highest BCUT2D eigenvalue weighted by Gasteiger charge is 2.45. The van der Waals surface area contributed by atoms with Crippen LogP contribution in [0.3, 0.4) is 0 Å². The number of aromatic nitrogens is 7. The lowest BCUT2D eigenvalue weighted by atomic mass is 9.84. The molecular formula is C23H18ClF3N10O3. The molecule has 0 atom stereocenters. The number of hydrogen-bond donors (Lipinski definition) is 3. The van der Waals surface area contributed by atoms with E-state index < -0.39 is 40.5 Å². The summed E-state index contributed by atoms with van der Waals surface area (Å²) in [4.78, 5) is 33.3. The van der Waals surface area contributed by atoms with Gasteiger partial charge in [0.05, 0.1) is 41.2 Å². The first-order valence-electron chi connectivity index (χ1n) is 11.2. The van der Waals surface area contributed by atoms with Crippen molar-refractivity contribution in [2.45, 2.75) is 32.4 Å². The van der Waals surface area contributed by atoms with Gasteiger partial charge in [-0.15, -0.1) is 4.80 Å². The number of pyridine rings is 2. The average Bonchev–Trinajstić information content (AvgIpc) is 3.53. The molecule has 0 unspecified atom stereocenters. The molecule has 4 rings (SSSR count). The Kier molecular flexibility index (Phi) is 7.18. The van der Waals surface area contributed by atoms with Crippen LogP contribution in [0, 0.1) is 11.3 Å². The number of nitrogens with one attached hydrogen (secondary N) is 2. The highest BCUT2D eigenvalue weighted by atomic mass is 35.5. The van der Waals surface area contributed by atoms with Crippen molar-refractivity contribution < 1.29 is 27.9 Å². The van der Waals surface area contributed by atoms with Crippen molar-refractivity contribution in [2.75, 3.05) is 10.6 Å². The van der Waals surface area contributed by atoms with Gasteiger partial charge in [0.25, 0.3) is 5.91 Å². The fourth-order valence-corrected chi connectivity index (χ4v) is 3.96. The monoisotopic (exact) mass is 574 g/mol. The number of amides is 2. The molecule has 0 aliphatic carbocycles. The van der Waals surface area contributed by atoms with Gasteiger partial charge in [0.15, 0.2) is 17.2 Å². The third-order valence-corrected chi connectivity index (χ3v) is 5.56. The van der Waals surface area contributed by atoms with E-state index in [1.807, 2.05) is 11.4 Å². The summed E-state index contributed by atoms with van der Waals surface area (Å²) < 4.78 is 44.0. The number of carbonyl (C=O) groups excluding carboxylic acids is 1. The van der Waals surface area contributed by atoms with Crippen molar-refractivity contribution in [2.24, 2.45) is 0 Å². The second-order valence-electron chi connectivity index (χ2n) is 9.16. The van der Waals surface area contributed by atoms with Gasteiger partial charge in [-0.3, -0.25) is 10.1 Å². The second kappa shape index (κ2) is 10.3. The summed E-state index contributed by atoms with van der Waals surface area (Å²) in [5.74, 6) is -1.28. The van der Waals surface area contributed by atoms with Crippen molar-refractivity contribution >= 4 is 35.1 Å². The third kappa shape index (κ3) is 5.54. The summed E-state index contributed by atoms with van der Waals surface area (Å²) in [5.41, 5.74) is -4.00. The molecule has 0 bridgehead atoms. The van der Waals surface area contributed by atoms with Gasteiger partial charge in [0, 0.05) is 11.6 Å². The van der Waals surface area contributed by atoms with Crippen LogP contribution >= 0.6 is 11.6 Å². The number of anilines is 2. The lowest BCUT2D eigenvalue weighted by Gasteiger charge is -2.22. The van der Waals surface area contributed by atoms with Crippen molar-refractivity contribution in [3.8, 4) is 17.6 Å². The molecule has 0 saturated heterocycles. The average molecular weight is 575 g/mol. The normalized spacial score (nSPS) is 11.7. The molecule has 4 aromatic heterocycles. The van der Waals surface area contributed by atoms with E-state index in [2.05, 4.69) is 30.6 Å². The van der Waals surface area contributed by atoms with E-state index in [0.29, 0.717) is 4.68 Å². The maximum absolute atomic E-state index is 14.5. The minimum atomic E-state index is -5.02. The quantitative estimate of drug-likeness (QED) is 0.311. The van der Waals surface area contributed by atoms with Crippen molar-refractivity contribution in [3.05, 3.63) is 64.5 Å². The van der Waals surface area contributed by atoms with Gasteiger partial charge in [0.2, 0.25) is 0 Å². The van der Waals surface area contributed by atoms with Crippen LogP contribution in [0.25, 0.3) is 11.5 Å². The number of carbonyl (C=O) groups is 2.